The van der Waals surface area contributed by atoms with Gasteiger partial charge in [-0.05, 0) is 34.7 Å². The number of carbonyl (C=O) groups is 1. The number of thiophene rings is 1. The smallest absolute Gasteiger partial charge is 0.231 e. The molecule has 5 rings (SSSR count). The average Bonchev–Trinajstić information content (AvgIpc) is 3.51. The van der Waals surface area contributed by atoms with Gasteiger partial charge in [0, 0.05) is 22.8 Å². The number of para-hydroxylation sites is 2. The van der Waals surface area contributed by atoms with Gasteiger partial charge in [-0.3, -0.25) is 4.79 Å². The van der Waals surface area contributed by atoms with Crippen molar-refractivity contribution in [1.82, 2.24) is 15.1 Å². The van der Waals surface area contributed by atoms with E-state index in [-0.39, 0.29) is 5.91 Å². The highest BCUT2D eigenvalue weighted by Crippen LogP contribution is 2.24. The van der Waals surface area contributed by atoms with Crippen LogP contribution in [0.5, 0.6) is 0 Å². The number of hydrogen-bond acceptors (Lipinski definition) is 5. The van der Waals surface area contributed by atoms with Gasteiger partial charge in [0.2, 0.25) is 17.6 Å². The zero-order valence-electron chi connectivity index (χ0n) is 16.0. The maximum Gasteiger partial charge on any atom is 0.231 e. The lowest BCUT2D eigenvalue weighted by Gasteiger charge is -2.09. The first-order chi connectivity index (χ1) is 14.8. The summed E-state index contributed by atoms with van der Waals surface area (Å²) in [6.45, 7) is 0. The Labute approximate surface area is 176 Å². The number of amides is 1. The number of hydrogen-bond donors (Lipinski definition) is 2. The zero-order chi connectivity index (χ0) is 20.3. The van der Waals surface area contributed by atoms with Crippen LogP contribution >= 0.6 is 11.3 Å². The maximum atomic E-state index is 12.7. The normalized spacial score (nSPS) is 11.1. The van der Waals surface area contributed by atoms with Crippen molar-refractivity contribution >= 4 is 33.8 Å². The largest absolute Gasteiger partial charge is 0.361 e. The van der Waals surface area contributed by atoms with E-state index in [2.05, 4.69) is 20.4 Å². The summed E-state index contributed by atoms with van der Waals surface area (Å²) in [6.07, 6.45) is 2.63. The number of rotatable bonds is 6. The Kier molecular flexibility index (Phi) is 4.86. The third kappa shape index (κ3) is 3.75. The molecule has 7 heteroatoms. The molecule has 0 atom stereocenters. The Bertz CT molecular complexity index is 1300. The number of benzene rings is 2. The number of fused-ring (bicyclic) bond motifs is 1. The van der Waals surface area contributed by atoms with Gasteiger partial charge in [-0.1, -0.05) is 47.6 Å². The topological polar surface area (TPSA) is 83.8 Å². The molecule has 0 aliphatic heterocycles. The minimum absolute atomic E-state index is 0.0722. The van der Waals surface area contributed by atoms with Gasteiger partial charge in [-0.25, -0.2) is 0 Å². The van der Waals surface area contributed by atoms with E-state index in [1.165, 1.54) is 0 Å². The second-order valence-electron chi connectivity index (χ2n) is 6.91. The number of nitrogens with one attached hydrogen (secondary N) is 2. The van der Waals surface area contributed by atoms with Gasteiger partial charge < -0.3 is 14.8 Å². The van der Waals surface area contributed by atoms with Crippen molar-refractivity contribution in [3.05, 3.63) is 89.3 Å². The standard InChI is InChI=1S/C23H18N4O2S/c28-21(12-16-14-24-19-9-4-2-7-17(16)19)25-18-8-3-1-6-15(18)13-22-26-23(27-29-22)20-10-5-11-30-20/h1-11,14,24H,12-13H2,(H,25,28). The van der Waals surface area contributed by atoms with Crippen molar-refractivity contribution in [3.8, 4) is 10.7 Å². The molecular formula is C23H18N4O2S. The summed E-state index contributed by atoms with van der Waals surface area (Å²) in [5.74, 6) is 1.02. The molecule has 0 radical (unpaired) electrons. The Balaban J connectivity index is 1.32. The van der Waals surface area contributed by atoms with Crippen molar-refractivity contribution in [2.75, 3.05) is 5.32 Å². The monoisotopic (exact) mass is 414 g/mol. The Morgan fingerprint density at radius 1 is 1.03 bits per heavy atom. The van der Waals surface area contributed by atoms with Crippen LogP contribution in [0.1, 0.15) is 17.0 Å². The van der Waals surface area contributed by atoms with Gasteiger partial charge in [0.1, 0.15) is 0 Å². The van der Waals surface area contributed by atoms with Crippen LogP contribution in [0.2, 0.25) is 0 Å². The fraction of sp³-hybridized carbons (Fsp3) is 0.0870. The van der Waals surface area contributed by atoms with Crippen molar-refractivity contribution < 1.29 is 9.32 Å². The van der Waals surface area contributed by atoms with Gasteiger partial charge >= 0.3 is 0 Å². The SMILES string of the molecule is O=C(Cc1c[nH]c2ccccc12)Nc1ccccc1Cc1nc(-c2cccs2)no1. The summed E-state index contributed by atoms with van der Waals surface area (Å²) < 4.78 is 5.41. The number of aromatic amines is 1. The highest BCUT2D eigenvalue weighted by atomic mass is 32.1. The lowest BCUT2D eigenvalue weighted by molar-refractivity contribution is -0.115. The van der Waals surface area contributed by atoms with E-state index in [1.807, 2.05) is 72.2 Å². The van der Waals surface area contributed by atoms with Crippen LogP contribution in [0.4, 0.5) is 5.69 Å². The van der Waals surface area contributed by atoms with Crippen LogP contribution in [-0.2, 0) is 17.6 Å². The lowest BCUT2D eigenvalue weighted by Crippen LogP contribution is -2.15. The van der Waals surface area contributed by atoms with Gasteiger partial charge in [-0.2, -0.15) is 4.98 Å². The average molecular weight is 414 g/mol. The molecule has 0 saturated carbocycles. The van der Waals surface area contributed by atoms with Gasteiger partial charge in [0.25, 0.3) is 0 Å². The Morgan fingerprint density at radius 2 is 1.90 bits per heavy atom. The highest BCUT2D eigenvalue weighted by Gasteiger charge is 2.14. The van der Waals surface area contributed by atoms with Gasteiger partial charge in [0.05, 0.1) is 17.7 Å². The van der Waals surface area contributed by atoms with E-state index in [1.54, 1.807) is 11.3 Å². The molecular weight excluding hydrogens is 396 g/mol. The second kappa shape index (κ2) is 7.96. The fourth-order valence-electron chi connectivity index (χ4n) is 3.44. The van der Waals surface area contributed by atoms with Crippen LogP contribution in [0.15, 0.2) is 76.8 Å². The molecule has 0 aliphatic carbocycles. The molecule has 3 heterocycles. The summed E-state index contributed by atoms with van der Waals surface area (Å²) in [5, 5.41) is 10.1. The molecule has 0 aliphatic rings. The van der Waals surface area contributed by atoms with E-state index < -0.39 is 0 Å². The predicted octanol–water partition coefficient (Wildman–Crippen LogP) is 5.05. The Hall–Kier alpha value is -3.71. The lowest BCUT2D eigenvalue weighted by atomic mass is 10.1. The van der Waals surface area contributed by atoms with E-state index in [0.717, 1.165) is 32.6 Å². The van der Waals surface area contributed by atoms with E-state index in [0.29, 0.717) is 24.6 Å². The number of nitrogens with zero attached hydrogens (tertiary/aromatic N) is 2. The number of H-pyrrole nitrogens is 1. The minimum atomic E-state index is -0.0722. The molecule has 3 aromatic heterocycles. The summed E-state index contributed by atoms with van der Waals surface area (Å²) >= 11 is 1.56. The molecule has 2 aromatic carbocycles. The molecule has 0 spiro atoms. The van der Waals surface area contributed by atoms with Crippen LogP contribution < -0.4 is 5.32 Å². The van der Waals surface area contributed by atoms with E-state index >= 15 is 0 Å². The van der Waals surface area contributed by atoms with Gasteiger partial charge in [-0.15, -0.1) is 11.3 Å². The summed E-state index contributed by atoms with van der Waals surface area (Å²) in [7, 11) is 0. The molecule has 148 valence electrons. The van der Waals surface area contributed by atoms with Gasteiger partial charge in [0.15, 0.2) is 0 Å². The van der Waals surface area contributed by atoms with Crippen molar-refractivity contribution in [2.24, 2.45) is 0 Å². The molecule has 30 heavy (non-hydrogen) atoms. The van der Waals surface area contributed by atoms with E-state index in [4.69, 9.17) is 4.52 Å². The van der Waals surface area contributed by atoms with Crippen molar-refractivity contribution in [3.63, 3.8) is 0 Å². The second-order valence-corrected chi connectivity index (χ2v) is 7.86. The summed E-state index contributed by atoms with van der Waals surface area (Å²) in [6, 6.07) is 19.5. The number of anilines is 1. The van der Waals surface area contributed by atoms with Crippen molar-refractivity contribution in [2.45, 2.75) is 12.8 Å². The number of aromatic nitrogens is 3. The minimum Gasteiger partial charge on any atom is -0.361 e. The summed E-state index contributed by atoms with van der Waals surface area (Å²) in [5.41, 5.74) is 3.67. The fourth-order valence-corrected chi connectivity index (χ4v) is 4.09. The van der Waals surface area contributed by atoms with Crippen LogP contribution in [0.3, 0.4) is 0 Å². The first-order valence-corrected chi connectivity index (χ1v) is 10.4. The summed E-state index contributed by atoms with van der Waals surface area (Å²) in [4.78, 5) is 21.4. The first-order valence-electron chi connectivity index (χ1n) is 9.55. The highest BCUT2D eigenvalue weighted by molar-refractivity contribution is 7.13. The first kappa shape index (κ1) is 18.3. The van der Waals surface area contributed by atoms with Crippen LogP contribution in [0.25, 0.3) is 21.6 Å². The van der Waals surface area contributed by atoms with Crippen LogP contribution in [0, 0.1) is 0 Å². The van der Waals surface area contributed by atoms with Crippen LogP contribution in [-0.4, -0.2) is 21.0 Å². The third-order valence-electron chi connectivity index (χ3n) is 4.87. The zero-order valence-corrected chi connectivity index (χ0v) is 16.8. The number of carbonyl (C=O) groups excluding carboxylic acids is 1. The maximum absolute atomic E-state index is 12.7. The van der Waals surface area contributed by atoms with E-state index in [9.17, 15) is 4.79 Å². The molecule has 6 nitrogen and oxygen atoms in total. The Morgan fingerprint density at radius 3 is 2.80 bits per heavy atom. The molecule has 5 aromatic rings. The van der Waals surface area contributed by atoms with Crippen molar-refractivity contribution in [1.29, 1.82) is 0 Å². The third-order valence-corrected chi connectivity index (χ3v) is 5.73. The molecule has 0 unspecified atom stereocenters. The molecule has 1 amide bonds. The quantitative estimate of drug-likeness (QED) is 0.407. The molecule has 0 bridgehead atoms. The molecule has 0 fully saturated rings. The predicted molar refractivity (Wildman–Crippen MR) is 117 cm³/mol. The molecule has 2 N–H and O–H groups in total. The molecule has 0 saturated heterocycles.